The number of nitrogens with zero attached hydrogens (tertiary/aromatic N) is 2. The third-order valence-corrected chi connectivity index (χ3v) is 6.69. The molecule has 0 bridgehead atoms. The predicted octanol–water partition coefficient (Wildman–Crippen LogP) is 5.31. The Hall–Kier alpha value is -3.27. The Bertz CT molecular complexity index is 1480. The summed E-state index contributed by atoms with van der Waals surface area (Å²) in [4.78, 5) is 7.62. The molecule has 0 spiro atoms. The summed E-state index contributed by atoms with van der Waals surface area (Å²) in [5.74, 6) is 0.0849. The number of benzene rings is 2. The van der Waals surface area contributed by atoms with E-state index in [4.69, 9.17) is 9.47 Å². The Morgan fingerprint density at radius 3 is 2.36 bits per heavy atom. The van der Waals surface area contributed by atoms with Gasteiger partial charge in [-0.1, -0.05) is 36.4 Å². The Morgan fingerprint density at radius 2 is 1.75 bits per heavy atom. The van der Waals surface area contributed by atoms with Crippen LogP contribution < -0.4 is 4.74 Å². The fourth-order valence-corrected chi connectivity index (χ4v) is 4.89. The lowest BCUT2D eigenvalue weighted by molar-refractivity contribution is -0.0663. The Balaban J connectivity index is 1.34. The number of ether oxygens (including phenoxy) is 2. The molecule has 5 rings (SSSR count). The Labute approximate surface area is 209 Å². The van der Waals surface area contributed by atoms with Crippen LogP contribution in [-0.2, 0) is 14.5 Å². The van der Waals surface area contributed by atoms with E-state index in [9.17, 15) is 13.7 Å². The van der Waals surface area contributed by atoms with Crippen LogP contribution in [0.1, 0.15) is 12.8 Å². The van der Waals surface area contributed by atoms with Gasteiger partial charge in [-0.05, 0) is 36.1 Å². The maximum Gasteiger partial charge on any atom is 0.193 e. The quantitative estimate of drug-likeness (QED) is 0.367. The number of H-pyrrole nitrogens is 1. The van der Waals surface area contributed by atoms with Gasteiger partial charge in [-0.2, -0.15) is 4.36 Å². The minimum atomic E-state index is -2.21. The number of aliphatic hydroxyl groups excluding tert-OH is 1. The maximum absolute atomic E-state index is 15.0. The van der Waals surface area contributed by atoms with Gasteiger partial charge < -0.3 is 19.6 Å². The number of aromatic amines is 1. The van der Waals surface area contributed by atoms with Crippen LogP contribution in [-0.4, -0.2) is 57.2 Å². The molecule has 1 fully saturated rings. The highest BCUT2D eigenvalue weighted by atomic mass is 32.2. The van der Waals surface area contributed by atoms with Crippen molar-refractivity contribution in [2.45, 2.75) is 25.0 Å². The number of aliphatic hydroxyl groups is 1. The summed E-state index contributed by atoms with van der Waals surface area (Å²) in [5, 5.41) is 9.20. The normalized spacial score (nSPS) is 18.3. The Kier molecular flexibility index (Phi) is 6.79. The highest BCUT2D eigenvalue weighted by Crippen LogP contribution is 2.30. The second-order valence-corrected chi connectivity index (χ2v) is 11.8. The van der Waals surface area contributed by atoms with Crippen molar-refractivity contribution in [3.05, 3.63) is 66.5 Å². The first-order valence-corrected chi connectivity index (χ1v) is 14.1. The number of fused-ring (bicyclic) bond motifs is 1. The van der Waals surface area contributed by atoms with Gasteiger partial charge in [0.05, 0.1) is 36.0 Å². The van der Waals surface area contributed by atoms with Gasteiger partial charge in [0.2, 0.25) is 0 Å². The van der Waals surface area contributed by atoms with E-state index in [1.807, 2.05) is 48.5 Å². The van der Waals surface area contributed by atoms with Crippen molar-refractivity contribution in [3.63, 3.8) is 0 Å². The average Bonchev–Trinajstić information content (AvgIpc) is 3.24. The summed E-state index contributed by atoms with van der Waals surface area (Å²) in [6, 6.07) is 18.2. The Morgan fingerprint density at radius 1 is 1.08 bits per heavy atom. The van der Waals surface area contributed by atoms with Crippen molar-refractivity contribution in [2.75, 3.05) is 25.7 Å². The van der Waals surface area contributed by atoms with Gasteiger partial charge in [-0.3, -0.25) is 0 Å². The highest BCUT2D eigenvalue weighted by molar-refractivity contribution is 7.92. The largest absolute Gasteiger partial charge is 0.473 e. The molecule has 0 radical (unpaired) electrons. The molecule has 2 aromatic heterocycles. The van der Waals surface area contributed by atoms with Gasteiger partial charge in [0.15, 0.2) is 11.7 Å². The highest BCUT2D eigenvalue weighted by Gasteiger charge is 2.23. The number of aromatic nitrogens is 2. The molecule has 7 nitrogen and oxygen atoms in total. The van der Waals surface area contributed by atoms with Gasteiger partial charge in [-0.25, -0.2) is 13.6 Å². The molecule has 188 valence electrons. The van der Waals surface area contributed by atoms with Gasteiger partial charge in [0.1, 0.15) is 11.8 Å². The third-order valence-electron chi connectivity index (χ3n) is 6.04. The molecule has 2 aromatic carbocycles. The number of nitrogens with one attached hydrogen (secondary N) is 1. The second kappa shape index (κ2) is 10.0. The molecule has 1 aliphatic heterocycles. The van der Waals surface area contributed by atoms with Crippen LogP contribution in [0, 0.1) is 5.82 Å². The molecule has 0 aliphatic carbocycles. The SMILES string of the molecule is CS(C)(=O)=Nc1ccc(-c2ccc(-c3nc4cc(O[C@@H]5CC[C@@H](CO)OC5)[nH]c4cc3F)cc2)cc1. The first kappa shape index (κ1) is 24.4. The van der Waals surface area contributed by atoms with Gasteiger partial charge in [0, 0.05) is 39.9 Å². The van der Waals surface area contributed by atoms with Crippen LogP contribution in [0.5, 0.6) is 5.88 Å². The zero-order chi connectivity index (χ0) is 25.3. The van der Waals surface area contributed by atoms with Crippen molar-refractivity contribution >= 4 is 26.4 Å². The first-order valence-electron chi connectivity index (χ1n) is 11.7. The van der Waals surface area contributed by atoms with Crippen molar-refractivity contribution in [3.8, 4) is 28.3 Å². The summed E-state index contributed by atoms with van der Waals surface area (Å²) in [6.45, 7) is 0.408. The topological polar surface area (TPSA) is 96.8 Å². The molecule has 0 saturated carbocycles. The average molecular weight is 510 g/mol. The van der Waals surface area contributed by atoms with Crippen LogP contribution in [0.15, 0.2) is 65.0 Å². The minimum Gasteiger partial charge on any atom is -0.473 e. The first-order chi connectivity index (χ1) is 17.3. The summed E-state index contributed by atoms with van der Waals surface area (Å²) in [6.07, 6.45) is 4.44. The third kappa shape index (κ3) is 5.59. The van der Waals surface area contributed by atoms with Crippen LogP contribution in [0.3, 0.4) is 0 Å². The molecule has 2 N–H and O–H groups in total. The fourth-order valence-electron chi connectivity index (χ4n) is 4.26. The smallest absolute Gasteiger partial charge is 0.193 e. The number of hydrogen-bond acceptors (Lipinski definition) is 6. The number of rotatable bonds is 6. The molecule has 3 heterocycles. The zero-order valence-electron chi connectivity index (χ0n) is 20.1. The molecule has 4 aromatic rings. The lowest BCUT2D eigenvalue weighted by Gasteiger charge is -2.27. The number of pyridine rings is 1. The van der Waals surface area contributed by atoms with Crippen LogP contribution in [0.2, 0.25) is 0 Å². The van der Waals surface area contributed by atoms with E-state index in [1.54, 1.807) is 18.6 Å². The van der Waals surface area contributed by atoms with Crippen molar-refractivity contribution < 1.29 is 23.2 Å². The lowest BCUT2D eigenvalue weighted by atomic mass is 10.0. The van der Waals surface area contributed by atoms with Crippen LogP contribution >= 0.6 is 0 Å². The summed E-state index contributed by atoms with van der Waals surface area (Å²) < 4.78 is 42.6. The van der Waals surface area contributed by atoms with Gasteiger partial charge in [-0.15, -0.1) is 0 Å². The van der Waals surface area contributed by atoms with E-state index < -0.39 is 15.5 Å². The molecule has 2 atom stereocenters. The maximum atomic E-state index is 15.0. The van der Waals surface area contributed by atoms with E-state index in [0.717, 1.165) is 24.0 Å². The van der Waals surface area contributed by atoms with Crippen molar-refractivity contribution in [1.29, 1.82) is 0 Å². The summed E-state index contributed by atoms with van der Waals surface area (Å²) in [7, 11) is -2.21. The lowest BCUT2D eigenvalue weighted by Crippen LogP contribution is -2.35. The second-order valence-electron chi connectivity index (χ2n) is 9.24. The molecule has 1 saturated heterocycles. The van der Waals surface area contributed by atoms with E-state index in [-0.39, 0.29) is 24.5 Å². The standard InChI is InChI=1S/C27H28FN3O4S/c1-36(2,33)31-20-9-7-18(8-10-20)17-3-5-19(6-4-17)27-23(28)13-24-25(30-27)14-26(29-24)35-22-12-11-21(15-32)34-16-22/h3-10,13-14,21-22,29,32H,11-12,15-16H2,1-2H3/t21-,22+/m0/s1. The molecular formula is C27H28FN3O4S. The number of hydrogen-bond donors (Lipinski definition) is 2. The zero-order valence-corrected chi connectivity index (χ0v) is 20.9. The molecule has 0 unspecified atom stereocenters. The molecule has 9 heteroatoms. The molecule has 0 amide bonds. The van der Waals surface area contributed by atoms with E-state index in [2.05, 4.69) is 14.3 Å². The van der Waals surface area contributed by atoms with Gasteiger partial charge in [0.25, 0.3) is 0 Å². The minimum absolute atomic E-state index is 0.0103. The molecule has 1 aliphatic rings. The van der Waals surface area contributed by atoms with Crippen molar-refractivity contribution in [1.82, 2.24) is 9.97 Å². The molecule has 36 heavy (non-hydrogen) atoms. The van der Waals surface area contributed by atoms with Gasteiger partial charge >= 0.3 is 0 Å². The van der Waals surface area contributed by atoms with E-state index in [0.29, 0.717) is 34.8 Å². The van der Waals surface area contributed by atoms with Crippen LogP contribution in [0.4, 0.5) is 10.1 Å². The summed E-state index contributed by atoms with van der Waals surface area (Å²) >= 11 is 0. The van der Waals surface area contributed by atoms with Crippen LogP contribution in [0.25, 0.3) is 33.4 Å². The van der Waals surface area contributed by atoms with Crippen molar-refractivity contribution in [2.24, 2.45) is 4.36 Å². The molecular weight excluding hydrogens is 481 g/mol. The van der Waals surface area contributed by atoms with E-state index >= 15 is 0 Å². The fraction of sp³-hybridized carbons (Fsp3) is 0.296. The summed E-state index contributed by atoms with van der Waals surface area (Å²) in [5.41, 5.74) is 4.72. The predicted molar refractivity (Wildman–Crippen MR) is 139 cm³/mol. The van der Waals surface area contributed by atoms with E-state index in [1.165, 1.54) is 6.07 Å². The monoisotopic (exact) mass is 509 g/mol. The number of halogens is 1.